The van der Waals surface area contributed by atoms with Gasteiger partial charge in [-0.05, 0) is 91.8 Å². The Morgan fingerprint density at radius 3 is 2.52 bits per heavy atom. The second-order valence-corrected chi connectivity index (χ2v) is 11.4. The van der Waals surface area contributed by atoms with E-state index in [0.29, 0.717) is 0 Å². The van der Waals surface area contributed by atoms with Gasteiger partial charge in [0.1, 0.15) is 0 Å². The molecule has 0 aromatic rings. The number of methoxy groups -OCH3 is 1. The van der Waals surface area contributed by atoms with E-state index in [-0.39, 0.29) is 23.2 Å². The van der Waals surface area contributed by atoms with Crippen LogP contribution in [0.15, 0.2) is 0 Å². The van der Waals surface area contributed by atoms with Crippen LogP contribution in [0, 0.1) is 5.41 Å². The number of nitrogens with zero attached hydrogens (tertiary/aromatic N) is 1. The molecule has 2 aliphatic rings. The molecule has 0 bridgehead atoms. The molecule has 0 aromatic carbocycles. The van der Waals surface area contributed by atoms with Gasteiger partial charge in [0, 0.05) is 26.7 Å². The van der Waals surface area contributed by atoms with Crippen LogP contribution >= 0.6 is 8.07 Å². The third kappa shape index (κ3) is 11.3. The molecule has 33 heavy (non-hydrogen) atoms. The molecule has 2 atom stereocenters. The van der Waals surface area contributed by atoms with Crippen molar-refractivity contribution < 1.29 is 9.53 Å². The second kappa shape index (κ2) is 15.8. The summed E-state index contributed by atoms with van der Waals surface area (Å²) in [5.41, 5.74) is 11.9. The Kier molecular flexibility index (Phi) is 13.5. The molecule has 1 aliphatic carbocycles. The molecular weight excluding hydrogens is 439 g/mol. The Morgan fingerprint density at radius 2 is 1.88 bits per heavy atom. The van der Waals surface area contributed by atoms with Gasteiger partial charge in [0.25, 0.3) is 0 Å². The first-order valence-corrected chi connectivity index (χ1v) is 14.1. The zero-order chi connectivity index (χ0) is 23.9. The van der Waals surface area contributed by atoms with Crippen molar-refractivity contribution in [3.8, 4) is 0 Å². The van der Waals surface area contributed by atoms with Crippen molar-refractivity contribution in [2.24, 2.45) is 11.2 Å². The van der Waals surface area contributed by atoms with Crippen LogP contribution in [0.2, 0.25) is 0 Å². The maximum Gasteiger partial charge on any atom is 0.237 e. The van der Waals surface area contributed by atoms with Gasteiger partial charge in [-0.25, -0.2) is 0 Å². The SMILES string of the molecule is COCCN(CCCNC(=O)C1CCCN1)CCCNC1(P(N)CCCCNC(=N)N)CC1. The highest BCUT2D eigenvalue weighted by Crippen LogP contribution is 2.57. The van der Waals surface area contributed by atoms with E-state index in [2.05, 4.69) is 26.2 Å². The largest absolute Gasteiger partial charge is 0.383 e. The molecule has 0 spiro atoms. The Morgan fingerprint density at radius 1 is 1.15 bits per heavy atom. The highest BCUT2D eigenvalue weighted by molar-refractivity contribution is 7.57. The summed E-state index contributed by atoms with van der Waals surface area (Å²) in [6, 6.07) is 0.000602. The van der Waals surface area contributed by atoms with Gasteiger partial charge in [-0.3, -0.25) is 10.2 Å². The predicted molar refractivity (Wildman–Crippen MR) is 137 cm³/mol. The Labute approximate surface area is 201 Å². The van der Waals surface area contributed by atoms with E-state index in [4.69, 9.17) is 21.4 Å². The topological polar surface area (TPSA) is 154 Å². The van der Waals surface area contributed by atoms with Gasteiger partial charge in [0.2, 0.25) is 5.91 Å². The lowest BCUT2D eigenvalue weighted by atomic mass is 10.2. The van der Waals surface area contributed by atoms with Crippen LogP contribution in [-0.2, 0) is 9.53 Å². The van der Waals surface area contributed by atoms with Gasteiger partial charge in [0.15, 0.2) is 5.96 Å². The van der Waals surface area contributed by atoms with Crippen LogP contribution in [0.4, 0.5) is 0 Å². The number of nitrogens with one attached hydrogen (secondary N) is 5. The third-order valence-electron chi connectivity index (χ3n) is 6.46. The fraction of sp³-hybridized carbons (Fsp3) is 0.909. The molecular formula is C22H47N8O2P. The average Bonchev–Trinajstić information content (AvgIpc) is 3.38. The lowest BCUT2D eigenvalue weighted by molar-refractivity contribution is -0.122. The number of hydrogen-bond acceptors (Lipinski definition) is 7. The van der Waals surface area contributed by atoms with Gasteiger partial charge >= 0.3 is 0 Å². The van der Waals surface area contributed by atoms with Crippen molar-refractivity contribution in [3.63, 3.8) is 0 Å². The first-order valence-electron chi connectivity index (χ1n) is 12.5. The highest BCUT2D eigenvalue weighted by atomic mass is 31.1. The number of guanidine groups is 1. The Balaban J connectivity index is 1.57. The van der Waals surface area contributed by atoms with Gasteiger partial charge < -0.3 is 42.1 Å². The minimum Gasteiger partial charge on any atom is -0.383 e. The predicted octanol–water partition coefficient (Wildman–Crippen LogP) is 0.282. The van der Waals surface area contributed by atoms with Crippen LogP contribution in [0.3, 0.4) is 0 Å². The molecule has 2 rings (SSSR count). The number of carbonyl (C=O) groups is 1. The summed E-state index contributed by atoms with van der Waals surface area (Å²) in [5, 5.41) is 20.3. The first kappa shape index (κ1) is 28.2. The van der Waals surface area contributed by atoms with Crippen molar-refractivity contribution in [3.05, 3.63) is 0 Å². The molecule has 10 nitrogen and oxygen atoms in total. The minimum absolute atomic E-state index is 0.000602. The molecule has 1 saturated carbocycles. The van der Waals surface area contributed by atoms with Crippen LogP contribution in [0.1, 0.15) is 51.4 Å². The van der Waals surface area contributed by atoms with E-state index >= 15 is 0 Å². The van der Waals surface area contributed by atoms with E-state index in [1.165, 1.54) is 12.8 Å². The number of nitrogens with two attached hydrogens (primary N) is 2. The number of carbonyl (C=O) groups excluding carboxylic acids is 1. The van der Waals surface area contributed by atoms with E-state index in [9.17, 15) is 4.79 Å². The number of rotatable bonds is 19. The molecule has 1 saturated heterocycles. The van der Waals surface area contributed by atoms with E-state index in [1.807, 2.05) is 0 Å². The van der Waals surface area contributed by atoms with Gasteiger partial charge in [-0.2, -0.15) is 0 Å². The van der Waals surface area contributed by atoms with Crippen LogP contribution in [0.5, 0.6) is 0 Å². The minimum atomic E-state index is -0.511. The van der Waals surface area contributed by atoms with E-state index in [0.717, 1.165) is 97.1 Å². The fourth-order valence-electron chi connectivity index (χ4n) is 4.25. The van der Waals surface area contributed by atoms with E-state index < -0.39 is 8.07 Å². The molecule has 1 aliphatic heterocycles. The second-order valence-electron chi connectivity index (χ2n) is 9.18. The quantitative estimate of drug-likeness (QED) is 0.0595. The molecule has 2 fully saturated rings. The maximum absolute atomic E-state index is 12.1. The number of ether oxygens (including phenoxy) is 1. The molecule has 11 heteroatoms. The van der Waals surface area contributed by atoms with Crippen molar-refractivity contribution in [2.45, 2.75) is 62.7 Å². The highest BCUT2D eigenvalue weighted by Gasteiger charge is 2.47. The Bertz CT molecular complexity index is 573. The smallest absolute Gasteiger partial charge is 0.237 e. The summed E-state index contributed by atoms with van der Waals surface area (Å²) in [5.74, 6) is 0.180. The number of amides is 1. The van der Waals surface area contributed by atoms with Gasteiger partial charge in [-0.15, -0.1) is 0 Å². The fourth-order valence-corrected chi connectivity index (χ4v) is 6.25. The summed E-state index contributed by atoms with van der Waals surface area (Å²) in [4.78, 5) is 14.5. The monoisotopic (exact) mass is 486 g/mol. The summed E-state index contributed by atoms with van der Waals surface area (Å²) < 4.78 is 5.28. The number of hydrogen-bond donors (Lipinski definition) is 7. The lowest BCUT2D eigenvalue weighted by Gasteiger charge is -2.26. The molecule has 0 aromatic heterocycles. The third-order valence-corrected chi connectivity index (χ3v) is 8.96. The van der Waals surface area contributed by atoms with Gasteiger partial charge in [0.05, 0.1) is 17.9 Å². The van der Waals surface area contributed by atoms with Crippen LogP contribution < -0.4 is 32.5 Å². The summed E-state index contributed by atoms with van der Waals surface area (Å²) in [6.07, 6.45) is 9.56. The van der Waals surface area contributed by atoms with Crippen molar-refractivity contribution in [2.75, 3.05) is 65.7 Å². The van der Waals surface area contributed by atoms with Crippen LogP contribution in [0.25, 0.3) is 0 Å². The summed E-state index contributed by atoms with van der Waals surface area (Å²) >= 11 is 0. The maximum atomic E-state index is 12.1. The summed E-state index contributed by atoms with van der Waals surface area (Å²) in [7, 11) is 1.23. The summed E-state index contributed by atoms with van der Waals surface area (Å²) in [6.45, 7) is 7.02. The average molecular weight is 487 g/mol. The molecule has 0 radical (unpaired) electrons. The van der Waals surface area contributed by atoms with Crippen molar-refractivity contribution in [1.82, 2.24) is 26.2 Å². The normalized spacial score (nSPS) is 20.0. The molecule has 1 amide bonds. The lowest BCUT2D eigenvalue weighted by Crippen LogP contribution is -2.41. The van der Waals surface area contributed by atoms with Gasteiger partial charge in [-0.1, -0.05) is 0 Å². The van der Waals surface area contributed by atoms with Crippen LogP contribution in [-0.4, -0.2) is 93.8 Å². The zero-order valence-electron chi connectivity index (χ0n) is 20.5. The number of unbranched alkanes of at least 4 members (excludes halogenated alkanes) is 1. The molecule has 9 N–H and O–H groups in total. The van der Waals surface area contributed by atoms with Crippen molar-refractivity contribution >= 4 is 19.9 Å². The van der Waals surface area contributed by atoms with E-state index in [1.54, 1.807) is 7.11 Å². The standard InChI is InChI=1S/C22H47N8O2P/c1-32-17-16-30(14-5-12-27-20(31)19-7-4-11-26-19)15-6-13-29-22(8-9-22)33(25)18-3-2-10-28-21(23)24/h19,26,29H,2-18,25H2,1H3,(H,27,31)(H4,23,24,28). The molecule has 1 heterocycles. The Hall–Kier alpha value is -1.03. The first-order chi connectivity index (χ1) is 16.0. The molecule has 192 valence electrons. The van der Waals surface area contributed by atoms with Crippen molar-refractivity contribution in [1.29, 1.82) is 5.41 Å². The molecule has 2 unspecified atom stereocenters. The zero-order valence-corrected chi connectivity index (χ0v) is 21.4.